The maximum Gasteiger partial charge on any atom is 0.259 e. The van der Waals surface area contributed by atoms with Gasteiger partial charge in [-0.3, -0.25) is 9.59 Å². The van der Waals surface area contributed by atoms with Crippen molar-refractivity contribution in [3.05, 3.63) is 34.2 Å². The maximum atomic E-state index is 13.1. The molecule has 1 heterocycles. The molecule has 0 unspecified atom stereocenters. The second-order valence-electron chi connectivity index (χ2n) is 6.76. The van der Waals surface area contributed by atoms with Crippen molar-refractivity contribution in [2.75, 3.05) is 24.9 Å². The van der Waals surface area contributed by atoms with Crippen LogP contribution < -0.4 is 20.1 Å². The second-order valence-corrected chi connectivity index (χ2v) is 7.86. The molecule has 144 valence electrons. The summed E-state index contributed by atoms with van der Waals surface area (Å²) in [5.41, 5.74) is 2.13. The highest BCUT2D eigenvalue weighted by molar-refractivity contribution is 7.17. The summed E-state index contributed by atoms with van der Waals surface area (Å²) < 4.78 is 10.6. The van der Waals surface area contributed by atoms with Gasteiger partial charge in [-0.25, -0.2) is 0 Å². The zero-order valence-electron chi connectivity index (χ0n) is 16.0. The van der Waals surface area contributed by atoms with Crippen LogP contribution in [-0.4, -0.2) is 26.0 Å². The first-order valence-corrected chi connectivity index (χ1v) is 9.70. The van der Waals surface area contributed by atoms with Gasteiger partial charge in [0.05, 0.1) is 25.5 Å². The van der Waals surface area contributed by atoms with E-state index in [0.29, 0.717) is 33.7 Å². The Balaban J connectivity index is 1.98. The van der Waals surface area contributed by atoms with Crippen LogP contribution in [0.25, 0.3) is 0 Å². The predicted molar refractivity (Wildman–Crippen MR) is 107 cm³/mol. The lowest BCUT2D eigenvalue weighted by Crippen LogP contribution is -2.19. The number of hydrogen-bond donors (Lipinski definition) is 2. The summed E-state index contributed by atoms with van der Waals surface area (Å²) in [7, 11) is 3.12. The molecule has 1 aromatic carbocycles. The molecule has 2 N–H and O–H groups in total. The van der Waals surface area contributed by atoms with Crippen molar-refractivity contribution in [2.24, 2.45) is 5.92 Å². The van der Waals surface area contributed by atoms with E-state index in [2.05, 4.69) is 17.6 Å². The Labute approximate surface area is 162 Å². The van der Waals surface area contributed by atoms with E-state index in [1.165, 1.54) is 23.1 Å². The fourth-order valence-electron chi connectivity index (χ4n) is 3.34. The van der Waals surface area contributed by atoms with Crippen LogP contribution in [0.3, 0.4) is 0 Å². The molecule has 1 aliphatic carbocycles. The summed E-state index contributed by atoms with van der Waals surface area (Å²) in [6.07, 6.45) is 2.80. The van der Waals surface area contributed by atoms with Gasteiger partial charge in [0.2, 0.25) is 5.91 Å². The summed E-state index contributed by atoms with van der Waals surface area (Å²) in [5, 5.41) is 6.36. The molecule has 7 heteroatoms. The van der Waals surface area contributed by atoms with Gasteiger partial charge in [-0.1, -0.05) is 6.92 Å². The Bertz CT molecular complexity index is 875. The standard InChI is InChI=1S/C20H24N2O4S/c1-11-5-7-14-17(9-11)27-20(21-12(2)23)18(14)19(24)22-15-10-13(25-3)6-8-16(15)26-4/h6,8,10-11H,5,7,9H2,1-4H3,(H,21,23)(H,22,24)/t11-/m0/s1. The van der Waals surface area contributed by atoms with E-state index in [9.17, 15) is 9.59 Å². The Morgan fingerprint density at radius 3 is 2.63 bits per heavy atom. The summed E-state index contributed by atoms with van der Waals surface area (Å²) in [5.74, 6) is 1.31. The third-order valence-corrected chi connectivity index (χ3v) is 5.85. The van der Waals surface area contributed by atoms with E-state index in [-0.39, 0.29) is 11.8 Å². The Morgan fingerprint density at radius 1 is 1.19 bits per heavy atom. The van der Waals surface area contributed by atoms with Crippen LogP contribution in [0.5, 0.6) is 11.5 Å². The number of amides is 2. The lowest BCUT2D eigenvalue weighted by molar-refractivity contribution is -0.114. The summed E-state index contributed by atoms with van der Waals surface area (Å²) in [4.78, 5) is 26.0. The van der Waals surface area contributed by atoms with Gasteiger partial charge in [-0.05, 0) is 42.9 Å². The van der Waals surface area contributed by atoms with E-state index < -0.39 is 0 Å². The van der Waals surface area contributed by atoms with Crippen LogP contribution in [-0.2, 0) is 17.6 Å². The summed E-state index contributed by atoms with van der Waals surface area (Å²) in [6.45, 7) is 3.66. The number of fused-ring (bicyclic) bond motifs is 1. The first kappa shape index (κ1) is 19.2. The van der Waals surface area contributed by atoms with Gasteiger partial charge in [0.15, 0.2) is 0 Å². The molecule has 27 heavy (non-hydrogen) atoms. The largest absolute Gasteiger partial charge is 0.497 e. The molecule has 0 spiro atoms. The molecule has 1 aromatic heterocycles. The number of carbonyl (C=O) groups is 2. The second kappa shape index (κ2) is 8.00. The van der Waals surface area contributed by atoms with Gasteiger partial charge in [-0.2, -0.15) is 0 Å². The van der Waals surface area contributed by atoms with E-state index in [4.69, 9.17) is 9.47 Å². The minimum absolute atomic E-state index is 0.186. The van der Waals surface area contributed by atoms with Gasteiger partial charge in [0, 0.05) is 17.9 Å². The van der Waals surface area contributed by atoms with E-state index in [0.717, 1.165) is 24.8 Å². The third kappa shape index (κ3) is 4.08. The lowest BCUT2D eigenvalue weighted by Gasteiger charge is -2.19. The SMILES string of the molecule is COc1ccc(OC)c(NC(=O)c2c(NC(C)=O)sc3c2CC[C@H](C)C3)c1. The zero-order chi connectivity index (χ0) is 19.6. The van der Waals surface area contributed by atoms with Crippen LogP contribution in [0.2, 0.25) is 0 Å². The fourth-order valence-corrected chi connectivity index (χ4v) is 4.79. The first-order chi connectivity index (χ1) is 12.9. The molecule has 6 nitrogen and oxygen atoms in total. The molecular weight excluding hydrogens is 364 g/mol. The summed E-state index contributed by atoms with van der Waals surface area (Å²) in [6, 6.07) is 5.23. The molecule has 0 saturated carbocycles. The van der Waals surface area contributed by atoms with Crippen LogP contribution in [0.4, 0.5) is 10.7 Å². The Kier molecular flexibility index (Phi) is 5.70. The highest BCUT2D eigenvalue weighted by atomic mass is 32.1. The van der Waals surface area contributed by atoms with Crippen molar-refractivity contribution in [1.29, 1.82) is 0 Å². The quantitative estimate of drug-likeness (QED) is 0.808. The molecule has 3 rings (SSSR count). The number of ether oxygens (including phenoxy) is 2. The molecule has 0 saturated heterocycles. The molecule has 2 amide bonds. The number of anilines is 2. The zero-order valence-corrected chi connectivity index (χ0v) is 16.8. The lowest BCUT2D eigenvalue weighted by atomic mass is 9.88. The van der Waals surface area contributed by atoms with Crippen molar-refractivity contribution in [3.63, 3.8) is 0 Å². The van der Waals surface area contributed by atoms with Crippen molar-refractivity contribution < 1.29 is 19.1 Å². The number of benzene rings is 1. The fraction of sp³-hybridized carbons (Fsp3) is 0.400. The Morgan fingerprint density at radius 2 is 1.96 bits per heavy atom. The third-order valence-electron chi connectivity index (χ3n) is 4.68. The van der Waals surface area contributed by atoms with Gasteiger partial charge < -0.3 is 20.1 Å². The number of rotatable bonds is 5. The normalized spacial score (nSPS) is 15.6. The highest BCUT2D eigenvalue weighted by Gasteiger charge is 2.28. The average Bonchev–Trinajstić information content (AvgIpc) is 2.97. The monoisotopic (exact) mass is 388 g/mol. The smallest absolute Gasteiger partial charge is 0.259 e. The molecule has 0 radical (unpaired) electrons. The van der Waals surface area contributed by atoms with E-state index in [1.54, 1.807) is 32.4 Å². The number of nitrogens with one attached hydrogen (secondary N) is 2. The van der Waals surface area contributed by atoms with Crippen LogP contribution in [0, 0.1) is 5.92 Å². The maximum absolute atomic E-state index is 13.1. The number of hydrogen-bond acceptors (Lipinski definition) is 5. The van der Waals surface area contributed by atoms with Gasteiger partial charge in [-0.15, -0.1) is 11.3 Å². The molecule has 0 fully saturated rings. The van der Waals surface area contributed by atoms with Crippen LogP contribution >= 0.6 is 11.3 Å². The van der Waals surface area contributed by atoms with Crippen molar-refractivity contribution >= 4 is 33.8 Å². The Hall–Kier alpha value is -2.54. The van der Waals surface area contributed by atoms with Crippen molar-refractivity contribution in [2.45, 2.75) is 33.1 Å². The molecule has 1 aliphatic rings. The number of methoxy groups -OCH3 is 2. The van der Waals surface area contributed by atoms with Gasteiger partial charge in [0.25, 0.3) is 5.91 Å². The number of thiophene rings is 1. The van der Waals surface area contributed by atoms with Crippen LogP contribution in [0.1, 0.15) is 41.1 Å². The summed E-state index contributed by atoms with van der Waals surface area (Å²) >= 11 is 1.50. The predicted octanol–water partition coefficient (Wildman–Crippen LogP) is 4.10. The molecule has 2 aromatic rings. The van der Waals surface area contributed by atoms with E-state index in [1.807, 2.05) is 0 Å². The average molecular weight is 388 g/mol. The minimum Gasteiger partial charge on any atom is -0.497 e. The molecular formula is C20H24N2O4S. The molecule has 1 atom stereocenters. The van der Waals surface area contributed by atoms with Crippen LogP contribution in [0.15, 0.2) is 18.2 Å². The van der Waals surface area contributed by atoms with Crippen molar-refractivity contribution in [3.8, 4) is 11.5 Å². The molecule has 0 aliphatic heterocycles. The molecule has 0 bridgehead atoms. The topological polar surface area (TPSA) is 76.7 Å². The highest BCUT2D eigenvalue weighted by Crippen LogP contribution is 2.40. The number of carbonyl (C=O) groups excluding carboxylic acids is 2. The first-order valence-electron chi connectivity index (χ1n) is 8.88. The van der Waals surface area contributed by atoms with E-state index >= 15 is 0 Å². The van der Waals surface area contributed by atoms with Gasteiger partial charge in [0.1, 0.15) is 16.5 Å². The van der Waals surface area contributed by atoms with Crippen molar-refractivity contribution in [1.82, 2.24) is 0 Å². The minimum atomic E-state index is -0.252. The van der Waals surface area contributed by atoms with Gasteiger partial charge >= 0.3 is 0 Å².